The smallest absolute Gasteiger partial charge is 0.193 e. The van der Waals surface area contributed by atoms with Crippen LogP contribution in [-0.2, 0) is 4.74 Å². The van der Waals surface area contributed by atoms with Gasteiger partial charge in [-0.25, -0.2) is 0 Å². The number of nitrogens with one attached hydrogen (secondary N) is 1. The van der Waals surface area contributed by atoms with Crippen LogP contribution in [0, 0.1) is 11.3 Å². The molecule has 2 atom stereocenters. The molecule has 0 aliphatic carbocycles. The van der Waals surface area contributed by atoms with E-state index >= 15 is 0 Å². The predicted octanol–water partition coefficient (Wildman–Crippen LogP) is 2.37. The third-order valence-corrected chi connectivity index (χ3v) is 5.57. The molecule has 2 saturated heterocycles. The lowest BCUT2D eigenvalue weighted by atomic mass is 9.87. The first-order valence-corrected chi connectivity index (χ1v) is 9.54. The highest BCUT2D eigenvalue weighted by atomic mass is 16.5. The molecule has 2 aliphatic rings. The second kappa shape index (κ2) is 9.39. The molecule has 0 amide bonds. The molecule has 0 aromatic carbocycles. The van der Waals surface area contributed by atoms with Crippen LogP contribution in [0.1, 0.15) is 26.7 Å². The standard InChI is InChI=1S/C20H36N4O/c1-6-10-23(11-7-2)18(17(3)4)14-22-19(21-5)24-12-8-20(15-24)9-13-25-16-20/h6-7,17-18H,1-2,8-16H2,3-5H3,(H,21,22). The molecule has 5 heteroatoms. The maximum atomic E-state index is 5.65. The predicted molar refractivity (Wildman–Crippen MR) is 106 cm³/mol. The van der Waals surface area contributed by atoms with E-state index in [0.29, 0.717) is 17.4 Å². The first-order valence-electron chi connectivity index (χ1n) is 9.54. The van der Waals surface area contributed by atoms with Crippen LogP contribution >= 0.6 is 0 Å². The summed E-state index contributed by atoms with van der Waals surface area (Å²) < 4.78 is 5.65. The largest absolute Gasteiger partial charge is 0.381 e. The van der Waals surface area contributed by atoms with Crippen LogP contribution in [0.4, 0.5) is 0 Å². The van der Waals surface area contributed by atoms with Crippen molar-refractivity contribution in [3.63, 3.8) is 0 Å². The average molecular weight is 349 g/mol. The number of hydrogen-bond acceptors (Lipinski definition) is 3. The minimum atomic E-state index is 0.354. The van der Waals surface area contributed by atoms with Gasteiger partial charge in [0.15, 0.2) is 5.96 Å². The lowest BCUT2D eigenvalue weighted by Crippen LogP contribution is -2.50. The molecule has 1 spiro atoms. The Balaban J connectivity index is 1.95. The van der Waals surface area contributed by atoms with Gasteiger partial charge in [0.2, 0.25) is 0 Å². The minimum absolute atomic E-state index is 0.354. The zero-order valence-electron chi connectivity index (χ0n) is 16.3. The topological polar surface area (TPSA) is 40.1 Å². The van der Waals surface area contributed by atoms with Crippen molar-refractivity contribution in [2.45, 2.75) is 32.7 Å². The van der Waals surface area contributed by atoms with E-state index in [1.165, 1.54) is 12.8 Å². The zero-order chi connectivity index (χ0) is 18.3. The molecule has 1 N–H and O–H groups in total. The molecule has 2 heterocycles. The van der Waals surface area contributed by atoms with Gasteiger partial charge in [0.05, 0.1) is 6.61 Å². The highest BCUT2D eigenvalue weighted by Gasteiger charge is 2.42. The van der Waals surface area contributed by atoms with E-state index in [2.05, 4.69) is 47.1 Å². The van der Waals surface area contributed by atoms with Gasteiger partial charge < -0.3 is 15.0 Å². The van der Waals surface area contributed by atoms with Crippen molar-refractivity contribution in [1.29, 1.82) is 0 Å². The Kier molecular flexibility index (Phi) is 7.51. The molecule has 2 unspecified atom stereocenters. The molecule has 0 aromatic heterocycles. The molecule has 5 nitrogen and oxygen atoms in total. The van der Waals surface area contributed by atoms with Crippen LogP contribution in [0.3, 0.4) is 0 Å². The lowest BCUT2D eigenvalue weighted by molar-refractivity contribution is 0.156. The van der Waals surface area contributed by atoms with E-state index in [9.17, 15) is 0 Å². The van der Waals surface area contributed by atoms with Gasteiger partial charge in [-0.05, 0) is 18.8 Å². The summed E-state index contributed by atoms with van der Waals surface area (Å²) in [4.78, 5) is 9.36. The fourth-order valence-electron chi connectivity index (χ4n) is 4.08. The van der Waals surface area contributed by atoms with Crippen LogP contribution in [-0.4, -0.2) is 74.8 Å². The van der Waals surface area contributed by atoms with E-state index in [4.69, 9.17) is 4.74 Å². The summed E-state index contributed by atoms with van der Waals surface area (Å²) in [6.07, 6.45) is 6.33. The molecule has 2 rings (SSSR count). The first kappa shape index (κ1) is 20.0. The molecule has 25 heavy (non-hydrogen) atoms. The van der Waals surface area contributed by atoms with Crippen LogP contribution in [0.2, 0.25) is 0 Å². The Labute approximate surface area is 153 Å². The number of guanidine groups is 1. The second-order valence-electron chi connectivity index (χ2n) is 7.74. The lowest BCUT2D eigenvalue weighted by Gasteiger charge is -2.34. The monoisotopic (exact) mass is 348 g/mol. The number of likely N-dealkylation sites (tertiary alicyclic amines) is 1. The summed E-state index contributed by atoms with van der Waals surface area (Å²) in [6, 6.07) is 0.416. The number of hydrogen-bond donors (Lipinski definition) is 1. The van der Waals surface area contributed by atoms with Gasteiger partial charge in [-0.3, -0.25) is 9.89 Å². The number of ether oxygens (including phenoxy) is 1. The van der Waals surface area contributed by atoms with E-state index in [1.54, 1.807) is 0 Å². The van der Waals surface area contributed by atoms with Crippen molar-refractivity contribution in [3.05, 3.63) is 25.3 Å². The van der Waals surface area contributed by atoms with E-state index in [0.717, 1.165) is 51.9 Å². The molecule has 2 aliphatic heterocycles. The highest BCUT2D eigenvalue weighted by molar-refractivity contribution is 5.80. The molecule has 0 aromatic rings. The van der Waals surface area contributed by atoms with Gasteiger partial charge in [-0.1, -0.05) is 26.0 Å². The Morgan fingerprint density at radius 3 is 2.56 bits per heavy atom. The molecule has 0 radical (unpaired) electrons. The third kappa shape index (κ3) is 5.08. The zero-order valence-corrected chi connectivity index (χ0v) is 16.3. The van der Waals surface area contributed by atoms with Crippen molar-refractivity contribution < 1.29 is 4.74 Å². The summed E-state index contributed by atoms with van der Waals surface area (Å²) in [5, 5.41) is 3.62. The summed E-state index contributed by atoms with van der Waals surface area (Å²) in [6.45, 7) is 18.9. The van der Waals surface area contributed by atoms with Gasteiger partial charge in [0.25, 0.3) is 0 Å². The van der Waals surface area contributed by atoms with Crippen molar-refractivity contribution in [2.75, 3.05) is 53.0 Å². The van der Waals surface area contributed by atoms with Crippen LogP contribution in [0.15, 0.2) is 30.3 Å². The third-order valence-electron chi connectivity index (χ3n) is 5.57. The van der Waals surface area contributed by atoms with E-state index in [1.807, 2.05) is 19.2 Å². The Bertz CT molecular complexity index is 458. The second-order valence-corrected chi connectivity index (χ2v) is 7.74. The molecular weight excluding hydrogens is 312 g/mol. The van der Waals surface area contributed by atoms with Crippen molar-refractivity contribution >= 4 is 5.96 Å². The van der Waals surface area contributed by atoms with Crippen LogP contribution in [0.5, 0.6) is 0 Å². The Hall–Kier alpha value is -1.33. The number of aliphatic imine (C=N–C) groups is 1. The van der Waals surface area contributed by atoms with E-state index < -0.39 is 0 Å². The Morgan fingerprint density at radius 1 is 1.32 bits per heavy atom. The van der Waals surface area contributed by atoms with Crippen molar-refractivity contribution in [3.8, 4) is 0 Å². The summed E-state index contributed by atoms with van der Waals surface area (Å²) in [5.74, 6) is 1.56. The molecule has 142 valence electrons. The molecular formula is C20H36N4O. The summed E-state index contributed by atoms with van der Waals surface area (Å²) >= 11 is 0. The van der Waals surface area contributed by atoms with Crippen molar-refractivity contribution in [2.24, 2.45) is 16.3 Å². The highest BCUT2D eigenvalue weighted by Crippen LogP contribution is 2.38. The average Bonchev–Trinajstić information content (AvgIpc) is 3.22. The Morgan fingerprint density at radius 2 is 2.04 bits per heavy atom. The molecule has 0 saturated carbocycles. The maximum Gasteiger partial charge on any atom is 0.193 e. The number of rotatable bonds is 8. The number of nitrogens with zero attached hydrogens (tertiary/aromatic N) is 3. The maximum absolute atomic E-state index is 5.65. The minimum Gasteiger partial charge on any atom is -0.381 e. The van der Waals surface area contributed by atoms with Gasteiger partial charge in [-0.15, -0.1) is 13.2 Å². The summed E-state index contributed by atoms with van der Waals surface area (Å²) in [7, 11) is 1.88. The van der Waals surface area contributed by atoms with Gasteiger partial charge in [0.1, 0.15) is 0 Å². The van der Waals surface area contributed by atoms with Crippen LogP contribution in [0.25, 0.3) is 0 Å². The fraction of sp³-hybridized carbons (Fsp3) is 0.750. The summed E-state index contributed by atoms with van der Waals surface area (Å²) in [5.41, 5.74) is 0.354. The quantitative estimate of drug-likeness (QED) is 0.415. The fourth-order valence-corrected chi connectivity index (χ4v) is 4.08. The molecule has 0 bridgehead atoms. The first-order chi connectivity index (χ1) is 12.0. The van der Waals surface area contributed by atoms with Crippen LogP contribution < -0.4 is 5.32 Å². The van der Waals surface area contributed by atoms with Crippen molar-refractivity contribution in [1.82, 2.24) is 15.1 Å². The molecule has 2 fully saturated rings. The van der Waals surface area contributed by atoms with Gasteiger partial charge in [-0.2, -0.15) is 0 Å². The van der Waals surface area contributed by atoms with Gasteiger partial charge in [0, 0.05) is 57.8 Å². The van der Waals surface area contributed by atoms with E-state index in [-0.39, 0.29) is 0 Å². The normalized spacial score (nSPS) is 25.2. The van der Waals surface area contributed by atoms with Gasteiger partial charge >= 0.3 is 0 Å². The SMILES string of the molecule is C=CCN(CC=C)C(CNC(=NC)N1CCC2(CCOC2)C1)C(C)C.